The van der Waals surface area contributed by atoms with Crippen molar-refractivity contribution in [2.24, 2.45) is 5.41 Å². The van der Waals surface area contributed by atoms with E-state index in [4.69, 9.17) is 5.73 Å². The quantitative estimate of drug-likeness (QED) is 0.570. The summed E-state index contributed by atoms with van der Waals surface area (Å²) in [6, 6.07) is 4.80. The van der Waals surface area contributed by atoms with Crippen molar-refractivity contribution >= 4 is 15.7 Å². The lowest BCUT2D eigenvalue weighted by atomic mass is 9.87. The molecule has 0 aliphatic rings. The number of aryl methyl sites for hydroxylation is 1. The normalized spacial score (nSPS) is 12.6. The fourth-order valence-corrected chi connectivity index (χ4v) is 3.46. The molecule has 4 nitrogen and oxygen atoms in total. The zero-order chi connectivity index (χ0) is 16.1. The van der Waals surface area contributed by atoms with E-state index in [1.54, 1.807) is 18.2 Å². The van der Waals surface area contributed by atoms with Crippen molar-refractivity contribution in [3.63, 3.8) is 0 Å². The van der Waals surface area contributed by atoms with Crippen LogP contribution in [0.5, 0.6) is 0 Å². The molecule has 0 unspecified atom stereocenters. The Morgan fingerprint density at radius 1 is 1.24 bits per heavy atom. The first-order chi connectivity index (χ1) is 9.68. The molecule has 21 heavy (non-hydrogen) atoms. The highest BCUT2D eigenvalue weighted by molar-refractivity contribution is 7.89. The van der Waals surface area contributed by atoms with E-state index in [-0.39, 0.29) is 10.3 Å². The number of hydrogen-bond acceptors (Lipinski definition) is 3. The average molecular weight is 312 g/mol. The standard InChI is InChI=1S/C16H28N2O2S/c1-5-6-7-10-16(3,4)12-18-21(19,20)14-8-9-15(17)13(2)11-14/h8-9,11,18H,5-7,10,12,17H2,1-4H3. The molecule has 0 heterocycles. The molecule has 0 saturated heterocycles. The molecular weight excluding hydrogens is 284 g/mol. The number of rotatable bonds is 8. The third-order valence-electron chi connectivity index (χ3n) is 3.75. The van der Waals surface area contributed by atoms with Crippen LogP contribution < -0.4 is 10.5 Å². The van der Waals surface area contributed by atoms with Crippen molar-refractivity contribution in [1.29, 1.82) is 0 Å². The van der Waals surface area contributed by atoms with Gasteiger partial charge < -0.3 is 5.73 Å². The second kappa shape index (κ2) is 7.27. The molecule has 0 radical (unpaired) electrons. The third kappa shape index (κ3) is 5.67. The molecule has 5 heteroatoms. The lowest BCUT2D eigenvalue weighted by Gasteiger charge is -2.25. The zero-order valence-corrected chi connectivity index (χ0v) is 14.4. The van der Waals surface area contributed by atoms with Crippen LogP contribution in [0.1, 0.15) is 52.0 Å². The summed E-state index contributed by atoms with van der Waals surface area (Å²) < 4.78 is 27.4. The number of unbranched alkanes of at least 4 members (excludes halogenated alkanes) is 2. The summed E-state index contributed by atoms with van der Waals surface area (Å²) in [4.78, 5) is 0.276. The van der Waals surface area contributed by atoms with E-state index < -0.39 is 10.0 Å². The van der Waals surface area contributed by atoms with Crippen molar-refractivity contribution in [2.75, 3.05) is 12.3 Å². The van der Waals surface area contributed by atoms with Crippen molar-refractivity contribution in [2.45, 2.75) is 58.3 Å². The van der Waals surface area contributed by atoms with Crippen LogP contribution in [0.15, 0.2) is 23.1 Å². The molecule has 1 aromatic rings. The van der Waals surface area contributed by atoms with E-state index in [0.717, 1.165) is 18.4 Å². The second-order valence-electron chi connectivity index (χ2n) is 6.46. The maximum Gasteiger partial charge on any atom is 0.240 e. The predicted molar refractivity (Wildman–Crippen MR) is 88.7 cm³/mol. The van der Waals surface area contributed by atoms with Crippen LogP contribution in [0.3, 0.4) is 0 Å². The van der Waals surface area contributed by atoms with Gasteiger partial charge in [-0.05, 0) is 42.5 Å². The van der Waals surface area contributed by atoms with Gasteiger partial charge in [-0.15, -0.1) is 0 Å². The summed E-state index contributed by atoms with van der Waals surface area (Å²) in [7, 11) is -3.47. The van der Waals surface area contributed by atoms with Crippen LogP contribution in [-0.4, -0.2) is 15.0 Å². The molecule has 0 amide bonds. The monoisotopic (exact) mass is 312 g/mol. The van der Waals surface area contributed by atoms with E-state index in [1.807, 2.05) is 6.92 Å². The van der Waals surface area contributed by atoms with Crippen molar-refractivity contribution in [1.82, 2.24) is 4.72 Å². The van der Waals surface area contributed by atoms with Gasteiger partial charge in [0.25, 0.3) is 0 Å². The summed E-state index contributed by atoms with van der Waals surface area (Å²) in [6.07, 6.45) is 4.51. The smallest absolute Gasteiger partial charge is 0.240 e. The Morgan fingerprint density at radius 2 is 1.90 bits per heavy atom. The molecule has 3 N–H and O–H groups in total. The van der Waals surface area contributed by atoms with Gasteiger partial charge in [-0.1, -0.05) is 40.0 Å². The highest BCUT2D eigenvalue weighted by Gasteiger charge is 2.22. The van der Waals surface area contributed by atoms with Crippen molar-refractivity contribution in [3.05, 3.63) is 23.8 Å². The first-order valence-electron chi connectivity index (χ1n) is 7.54. The van der Waals surface area contributed by atoms with E-state index in [9.17, 15) is 8.42 Å². The minimum absolute atomic E-state index is 0.0366. The fraction of sp³-hybridized carbons (Fsp3) is 0.625. The van der Waals surface area contributed by atoms with Gasteiger partial charge >= 0.3 is 0 Å². The second-order valence-corrected chi connectivity index (χ2v) is 8.23. The average Bonchev–Trinajstić information content (AvgIpc) is 2.40. The van der Waals surface area contributed by atoms with Gasteiger partial charge in [0, 0.05) is 12.2 Å². The molecule has 0 aliphatic carbocycles. The van der Waals surface area contributed by atoms with Crippen LogP contribution in [0, 0.1) is 12.3 Å². The van der Waals surface area contributed by atoms with Crippen LogP contribution in [-0.2, 0) is 10.0 Å². The van der Waals surface area contributed by atoms with Gasteiger partial charge in [-0.25, -0.2) is 13.1 Å². The number of nitrogen functional groups attached to an aromatic ring is 1. The van der Waals surface area contributed by atoms with Gasteiger partial charge in [0.2, 0.25) is 10.0 Å². The molecule has 0 saturated carbocycles. The minimum Gasteiger partial charge on any atom is -0.399 e. The highest BCUT2D eigenvalue weighted by atomic mass is 32.2. The minimum atomic E-state index is -3.47. The molecule has 0 bridgehead atoms. The molecule has 0 fully saturated rings. The fourth-order valence-electron chi connectivity index (χ4n) is 2.13. The molecule has 0 atom stereocenters. The van der Waals surface area contributed by atoms with E-state index in [0.29, 0.717) is 12.2 Å². The summed E-state index contributed by atoms with van der Waals surface area (Å²) in [5.74, 6) is 0. The first-order valence-corrected chi connectivity index (χ1v) is 9.02. The van der Waals surface area contributed by atoms with Gasteiger partial charge in [-0.2, -0.15) is 0 Å². The van der Waals surface area contributed by atoms with Gasteiger partial charge in [0.05, 0.1) is 4.90 Å². The van der Waals surface area contributed by atoms with Crippen molar-refractivity contribution < 1.29 is 8.42 Å². The van der Waals surface area contributed by atoms with Gasteiger partial charge in [-0.3, -0.25) is 0 Å². The lowest BCUT2D eigenvalue weighted by Crippen LogP contribution is -2.34. The van der Waals surface area contributed by atoms with E-state index >= 15 is 0 Å². The molecule has 120 valence electrons. The van der Waals surface area contributed by atoms with E-state index in [1.165, 1.54) is 12.8 Å². The Kier molecular flexibility index (Phi) is 6.23. The maximum absolute atomic E-state index is 12.3. The summed E-state index contributed by atoms with van der Waals surface area (Å²) in [5.41, 5.74) is 7.07. The van der Waals surface area contributed by atoms with Crippen LogP contribution in [0.2, 0.25) is 0 Å². The molecule has 1 aromatic carbocycles. The van der Waals surface area contributed by atoms with Gasteiger partial charge in [0.1, 0.15) is 0 Å². The lowest BCUT2D eigenvalue weighted by molar-refractivity contribution is 0.320. The number of nitrogens with two attached hydrogens (primary N) is 1. The van der Waals surface area contributed by atoms with Gasteiger partial charge in [0.15, 0.2) is 0 Å². The summed E-state index contributed by atoms with van der Waals surface area (Å²) in [6.45, 7) is 8.61. The molecule has 0 aliphatic heterocycles. The van der Waals surface area contributed by atoms with Crippen LogP contribution in [0.25, 0.3) is 0 Å². The predicted octanol–water partition coefficient (Wildman–Crippen LogP) is 3.46. The Bertz CT molecular complexity index is 566. The van der Waals surface area contributed by atoms with E-state index in [2.05, 4.69) is 25.5 Å². The Labute approximate surface area is 129 Å². The summed E-state index contributed by atoms with van der Waals surface area (Å²) >= 11 is 0. The van der Waals surface area contributed by atoms with Crippen molar-refractivity contribution in [3.8, 4) is 0 Å². The number of sulfonamides is 1. The molecule has 1 rings (SSSR count). The Morgan fingerprint density at radius 3 is 2.48 bits per heavy atom. The topological polar surface area (TPSA) is 72.2 Å². The largest absolute Gasteiger partial charge is 0.399 e. The number of nitrogens with one attached hydrogen (secondary N) is 1. The molecule has 0 aromatic heterocycles. The highest BCUT2D eigenvalue weighted by Crippen LogP contribution is 2.24. The molecular formula is C16H28N2O2S. The Hall–Kier alpha value is -1.07. The summed E-state index contributed by atoms with van der Waals surface area (Å²) in [5, 5.41) is 0. The van der Waals surface area contributed by atoms with Crippen LogP contribution in [0.4, 0.5) is 5.69 Å². The van der Waals surface area contributed by atoms with Crippen LogP contribution >= 0.6 is 0 Å². The number of benzene rings is 1. The number of anilines is 1. The zero-order valence-electron chi connectivity index (χ0n) is 13.6. The Balaban J connectivity index is 2.70. The first kappa shape index (κ1) is 18.0. The SMILES string of the molecule is CCCCCC(C)(C)CNS(=O)(=O)c1ccc(N)c(C)c1. The third-order valence-corrected chi connectivity index (χ3v) is 5.15. The number of hydrogen-bond donors (Lipinski definition) is 2. The molecule has 0 spiro atoms. The maximum atomic E-state index is 12.3.